The lowest BCUT2D eigenvalue weighted by atomic mass is 9.80. The van der Waals surface area contributed by atoms with Crippen molar-refractivity contribution in [3.05, 3.63) is 94.7 Å². The van der Waals surface area contributed by atoms with Gasteiger partial charge in [-0.25, -0.2) is 0 Å². The molecule has 0 aliphatic carbocycles. The normalized spacial score (nSPS) is 20.1. The highest BCUT2D eigenvalue weighted by Gasteiger charge is 2.43. The standard InChI is InChI=1S/C30H37N2/c1-9-32-25-16-14-13-15-23(25)29(4,5)27(32)18-12-10-11-17-26-30(6,7)24-20-21(2)19-22(3)28(24)31(26)8/h10-20H,9H2,1-8H3/q+1. The van der Waals surface area contributed by atoms with Crippen molar-refractivity contribution in [3.8, 4) is 0 Å². The van der Waals surface area contributed by atoms with Gasteiger partial charge in [-0.2, -0.15) is 4.58 Å². The third-order valence-corrected chi connectivity index (χ3v) is 7.30. The predicted molar refractivity (Wildman–Crippen MR) is 139 cm³/mol. The molecule has 0 bridgehead atoms. The molecule has 2 heterocycles. The van der Waals surface area contributed by atoms with Crippen LogP contribution in [-0.4, -0.2) is 23.9 Å². The molecule has 0 saturated heterocycles. The summed E-state index contributed by atoms with van der Waals surface area (Å²) >= 11 is 0. The maximum Gasteiger partial charge on any atom is 0.212 e. The molecule has 2 aromatic rings. The molecule has 2 aliphatic heterocycles. The summed E-state index contributed by atoms with van der Waals surface area (Å²) in [4.78, 5) is 2.44. The van der Waals surface area contributed by atoms with Gasteiger partial charge in [-0.3, -0.25) is 0 Å². The molecule has 0 spiro atoms. The third-order valence-electron chi connectivity index (χ3n) is 7.30. The Bertz CT molecular complexity index is 1190. The van der Waals surface area contributed by atoms with Crippen molar-refractivity contribution in [1.29, 1.82) is 0 Å². The van der Waals surface area contributed by atoms with E-state index < -0.39 is 0 Å². The van der Waals surface area contributed by atoms with Crippen LogP contribution in [0.25, 0.3) is 0 Å². The number of allylic oxidation sites excluding steroid dienone is 6. The smallest absolute Gasteiger partial charge is 0.212 e. The van der Waals surface area contributed by atoms with Crippen molar-refractivity contribution in [1.82, 2.24) is 0 Å². The molecule has 0 atom stereocenters. The number of hydrogen-bond donors (Lipinski definition) is 0. The maximum atomic E-state index is 2.44. The van der Waals surface area contributed by atoms with Gasteiger partial charge < -0.3 is 4.90 Å². The lowest BCUT2D eigenvalue weighted by Gasteiger charge is -2.25. The zero-order valence-electron chi connectivity index (χ0n) is 21.0. The van der Waals surface area contributed by atoms with E-state index in [0.717, 1.165) is 6.54 Å². The summed E-state index contributed by atoms with van der Waals surface area (Å²) in [5, 5.41) is 0. The highest BCUT2D eigenvalue weighted by molar-refractivity contribution is 6.03. The molecule has 166 valence electrons. The molecule has 0 saturated carbocycles. The number of anilines is 1. The van der Waals surface area contributed by atoms with Gasteiger partial charge in [0.1, 0.15) is 7.05 Å². The number of fused-ring (bicyclic) bond motifs is 2. The van der Waals surface area contributed by atoms with Crippen LogP contribution in [0.3, 0.4) is 0 Å². The molecular formula is C30H37N2+. The summed E-state index contributed by atoms with van der Waals surface area (Å²) in [5.41, 5.74) is 10.9. The van der Waals surface area contributed by atoms with Gasteiger partial charge in [-0.15, -0.1) is 0 Å². The number of rotatable bonds is 4. The largest absolute Gasteiger partial charge is 0.344 e. The second-order valence-electron chi connectivity index (χ2n) is 10.2. The summed E-state index contributed by atoms with van der Waals surface area (Å²) in [7, 11) is 2.19. The predicted octanol–water partition coefficient (Wildman–Crippen LogP) is 7.12. The van der Waals surface area contributed by atoms with E-state index in [1.54, 1.807) is 0 Å². The van der Waals surface area contributed by atoms with Crippen LogP contribution < -0.4 is 4.90 Å². The van der Waals surface area contributed by atoms with Gasteiger partial charge >= 0.3 is 0 Å². The van der Waals surface area contributed by atoms with E-state index in [0.29, 0.717) is 0 Å². The lowest BCUT2D eigenvalue weighted by Crippen LogP contribution is -2.26. The molecule has 4 rings (SSSR count). The number of hydrogen-bond acceptors (Lipinski definition) is 1. The molecular weight excluding hydrogens is 388 g/mol. The highest BCUT2D eigenvalue weighted by Crippen LogP contribution is 2.47. The third kappa shape index (κ3) is 3.37. The van der Waals surface area contributed by atoms with E-state index >= 15 is 0 Å². The number of para-hydroxylation sites is 1. The second-order valence-corrected chi connectivity index (χ2v) is 10.2. The van der Waals surface area contributed by atoms with Crippen LogP contribution in [0.4, 0.5) is 11.4 Å². The minimum atomic E-state index is -0.00222. The Morgan fingerprint density at radius 2 is 1.62 bits per heavy atom. The average Bonchev–Trinajstić information content (AvgIpc) is 3.06. The van der Waals surface area contributed by atoms with Crippen molar-refractivity contribution in [2.75, 3.05) is 18.5 Å². The molecule has 2 aliphatic rings. The summed E-state index contributed by atoms with van der Waals surface area (Å²) < 4.78 is 2.36. The van der Waals surface area contributed by atoms with Crippen LogP contribution in [0.5, 0.6) is 0 Å². The first-order valence-corrected chi connectivity index (χ1v) is 11.8. The number of likely N-dealkylation sites (N-methyl/N-ethyl adjacent to an activating group) is 1. The maximum absolute atomic E-state index is 2.44. The Labute approximate surface area is 194 Å². The van der Waals surface area contributed by atoms with Gasteiger partial charge in [0.15, 0.2) is 5.71 Å². The molecule has 0 unspecified atom stereocenters. The van der Waals surface area contributed by atoms with Gasteiger partial charge in [0.2, 0.25) is 5.69 Å². The van der Waals surface area contributed by atoms with Crippen LogP contribution in [0.15, 0.2) is 72.5 Å². The Morgan fingerprint density at radius 1 is 0.906 bits per heavy atom. The van der Waals surface area contributed by atoms with Crippen LogP contribution in [0.2, 0.25) is 0 Å². The number of benzene rings is 2. The Balaban J connectivity index is 1.61. The molecule has 2 aromatic carbocycles. The monoisotopic (exact) mass is 425 g/mol. The van der Waals surface area contributed by atoms with E-state index in [1.807, 2.05) is 0 Å². The summed E-state index contributed by atoms with van der Waals surface area (Å²) in [6.45, 7) is 16.9. The molecule has 0 amide bonds. The Kier molecular flexibility index (Phi) is 5.53. The lowest BCUT2D eigenvalue weighted by molar-refractivity contribution is -0.402. The summed E-state index contributed by atoms with van der Waals surface area (Å²) in [5.74, 6) is 0. The summed E-state index contributed by atoms with van der Waals surface area (Å²) in [6, 6.07) is 13.4. The summed E-state index contributed by atoms with van der Waals surface area (Å²) in [6.07, 6.45) is 11.1. The zero-order chi connectivity index (χ0) is 23.3. The average molecular weight is 426 g/mol. The van der Waals surface area contributed by atoms with E-state index in [-0.39, 0.29) is 10.8 Å². The number of nitrogens with zero attached hydrogens (tertiary/aromatic N) is 2. The fourth-order valence-corrected chi connectivity index (χ4v) is 5.72. The SMILES string of the molecule is CCN1/C(=C/C=C/C=C/C2=[N+](C)c3c(C)cc(C)cc3C2(C)C)C(C)(C)c2ccccc21. The highest BCUT2D eigenvalue weighted by atomic mass is 15.2. The Hall–Kier alpha value is -2.87. The Morgan fingerprint density at radius 3 is 2.34 bits per heavy atom. The van der Waals surface area contributed by atoms with Crippen LogP contribution >= 0.6 is 0 Å². The van der Waals surface area contributed by atoms with Gasteiger partial charge in [0, 0.05) is 40.5 Å². The van der Waals surface area contributed by atoms with E-state index in [1.165, 1.54) is 45.0 Å². The topological polar surface area (TPSA) is 6.25 Å². The number of aryl methyl sites for hydroxylation is 2. The van der Waals surface area contributed by atoms with Gasteiger partial charge in [0.05, 0.1) is 5.41 Å². The second kappa shape index (κ2) is 7.92. The van der Waals surface area contributed by atoms with Crippen LogP contribution in [-0.2, 0) is 10.8 Å². The van der Waals surface area contributed by atoms with Crippen molar-refractivity contribution in [3.63, 3.8) is 0 Å². The van der Waals surface area contributed by atoms with Crippen molar-refractivity contribution < 1.29 is 4.58 Å². The molecule has 0 radical (unpaired) electrons. The van der Waals surface area contributed by atoms with Gasteiger partial charge in [0.25, 0.3) is 0 Å². The van der Waals surface area contributed by atoms with E-state index in [2.05, 4.69) is 132 Å². The first-order valence-electron chi connectivity index (χ1n) is 11.8. The molecule has 0 aromatic heterocycles. The first kappa shape index (κ1) is 22.3. The fraction of sp³-hybridized carbons (Fsp3) is 0.367. The van der Waals surface area contributed by atoms with E-state index in [4.69, 9.17) is 0 Å². The van der Waals surface area contributed by atoms with Crippen LogP contribution in [0, 0.1) is 13.8 Å². The molecule has 2 heteroatoms. The van der Waals surface area contributed by atoms with Gasteiger partial charge in [-0.05, 0) is 64.5 Å². The molecule has 0 fully saturated rings. The van der Waals surface area contributed by atoms with Crippen LogP contribution in [0.1, 0.15) is 56.9 Å². The molecule has 2 nitrogen and oxygen atoms in total. The quantitative estimate of drug-likeness (QED) is 0.373. The van der Waals surface area contributed by atoms with Crippen molar-refractivity contribution in [2.24, 2.45) is 0 Å². The van der Waals surface area contributed by atoms with Crippen molar-refractivity contribution in [2.45, 2.75) is 59.3 Å². The fourth-order valence-electron chi connectivity index (χ4n) is 5.72. The zero-order valence-corrected chi connectivity index (χ0v) is 21.0. The minimum Gasteiger partial charge on any atom is -0.344 e. The van der Waals surface area contributed by atoms with Crippen molar-refractivity contribution >= 4 is 17.1 Å². The minimum absolute atomic E-state index is 0.00222. The van der Waals surface area contributed by atoms with E-state index in [9.17, 15) is 0 Å². The first-order chi connectivity index (χ1) is 15.1. The molecule has 32 heavy (non-hydrogen) atoms. The molecule has 0 N–H and O–H groups in total. The van der Waals surface area contributed by atoms with Gasteiger partial charge in [-0.1, -0.05) is 55.8 Å².